The van der Waals surface area contributed by atoms with Crippen molar-refractivity contribution in [2.45, 2.75) is 84.0 Å². The van der Waals surface area contributed by atoms with Gasteiger partial charge in [0.2, 0.25) is 0 Å². The van der Waals surface area contributed by atoms with Gasteiger partial charge in [0.15, 0.2) is 9.84 Å². The van der Waals surface area contributed by atoms with E-state index in [0.717, 1.165) is 44.9 Å². The molecule has 22 heavy (non-hydrogen) atoms. The van der Waals surface area contributed by atoms with E-state index in [1.165, 1.54) is 19.1 Å². The Bertz CT molecular complexity index is 424. The standard InChI is InChI=1S/C17H32O4S/c1-3-4-5-7-10-13-16(22(2,20)21)14-11-8-6-9-12-15-17(18)19/h13H,3-12,14-15H2,1-2H3,(H,18,19). The molecular weight excluding hydrogens is 300 g/mol. The number of unbranched alkanes of at least 4 members (excludes halogenated alkanes) is 8. The Hall–Kier alpha value is -0.840. The van der Waals surface area contributed by atoms with Crippen LogP contribution in [0.5, 0.6) is 0 Å². The van der Waals surface area contributed by atoms with Gasteiger partial charge in [-0.1, -0.05) is 51.5 Å². The molecule has 0 radical (unpaired) electrons. The molecule has 0 rings (SSSR count). The number of carboxylic acid groups (broad SMARTS) is 1. The summed E-state index contributed by atoms with van der Waals surface area (Å²) in [5, 5.41) is 8.54. The molecule has 0 spiro atoms. The van der Waals surface area contributed by atoms with Crippen molar-refractivity contribution in [1.29, 1.82) is 0 Å². The molecule has 0 aromatic carbocycles. The minimum atomic E-state index is -3.08. The van der Waals surface area contributed by atoms with Gasteiger partial charge in [0.1, 0.15) is 0 Å². The molecule has 0 saturated heterocycles. The molecule has 0 saturated carbocycles. The molecule has 0 fully saturated rings. The van der Waals surface area contributed by atoms with E-state index in [4.69, 9.17) is 5.11 Å². The zero-order chi connectivity index (χ0) is 16.8. The molecular formula is C17H32O4S. The molecule has 4 nitrogen and oxygen atoms in total. The SMILES string of the molecule is CCCCCCC=C(CCCCCCCC(=O)O)S(C)(=O)=O. The maximum Gasteiger partial charge on any atom is 0.303 e. The topological polar surface area (TPSA) is 71.4 Å². The van der Waals surface area contributed by atoms with Crippen LogP contribution in [0.2, 0.25) is 0 Å². The minimum absolute atomic E-state index is 0.228. The smallest absolute Gasteiger partial charge is 0.303 e. The summed E-state index contributed by atoms with van der Waals surface area (Å²) in [6, 6.07) is 0. The molecule has 0 aromatic heterocycles. The van der Waals surface area contributed by atoms with Crippen molar-refractivity contribution in [2.24, 2.45) is 0 Å². The van der Waals surface area contributed by atoms with Crippen molar-refractivity contribution in [3.05, 3.63) is 11.0 Å². The molecule has 0 aliphatic rings. The third kappa shape index (κ3) is 12.9. The highest BCUT2D eigenvalue weighted by Crippen LogP contribution is 2.18. The number of carbonyl (C=O) groups is 1. The van der Waals surface area contributed by atoms with Gasteiger partial charge in [-0.3, -0.25) is 4.79 Å². The number of allylic oxidation sites excluding steroid dienone is 2. The fourth-order valence-electron chi connectivity index (χ4n) is 2.38. The van der Waals surface area contributed by atoms with Crippen molar-refractivity contribution in [3.8, 4) is 0 Å². The highest BCUT2D eigenvalue weighted by atomic mass is 32.2. The van der Waals surface area contributed by atoms with Gasteiger partial charge in [-0.2, -0.15) is 0 Å². The van der Waals surface area contributed by atoms with Crippen LogP contribution in [0, 0.1) is 0 Å². The highest BCUT2D eigenvalue weighted by Gasteiger charge is 2.10. The Morgan fingerprint density at radius 3 is 2.00 bits per heavy atom. The van der Waals surface area contributed by atoms with Crippen LogP contribution >= 0.6 is 0 Å². The average molecular weight is 333 g/mol. The lowest BCUT2D eigenvalue weighted by Gasteiger charge is -2.06. The van der Waals surface area contributed by atoms with E-state index in [9.17, 15) is 13.2 Å². The summed E-state index contributed by atoms with van der Waals surface area (Å²) >= 11 is 0. The van der Waals surface area contributed by atoms with Gasteiger partial charge in [-0.15, -0.1) is 0 Å². The zero-order valence-electron chi connectivity index (χ0n) is 14.1. The largest absolute Gasteiger partial charge is 0.481 e. The maximum atomic E-state index is 11.8. The van der Waals surface area contributed by atoms with Gasteiger partial charge in [0.25, 0.3) is 0 Å². The van der Waals surface area contributed by atoms with Crippen LogP contribution in [0.1, 0.15) is 84.0 Å². The molecule has 0 aliphatic heterocycles. The number of sulfone groups is 1. The van der Waals surface area contributed by atoms with E-state index in [0.29, 0.717) is 17.7 Å². The van der Waals surface area contributed by atoms with Crippen LogP contribution in [-0.4, -0.2) is 25.7 Å². The monoisotopic (exact) mass is 332 g/mol. The summed E-state index contributed by atoms with van der Waals surface area (Å²) in [5.74, 6) is -0.745. The van der Waals surface area contributed by atoms with Gasteiger partial charge in [0.05, 0.1) is 0 Å². The number of carboxylic acids is 1. The van der Waals surface area contributed by atoms with Crippen LogP contribution in [0.25, 0.3) is 0 Å². The fraction of sp³-hybridized carbons (Fsp3) is 0.824. The molecule has 0 heterocycles. The van der Waals surface area contributed by atoms with Crippen molar-refractivity contribution in [1.82, 2.24) is 0 Å². The molecule has 1 N–H and O–H groups in total. The van der Waals surface area contributed by atoms with E-state index >= 15 is 0 Å². The van der Waals surface area contributed by atoms with Gasteiger partial charge in [0, 0.05) is 17.6 Å². The minimum Gasteiger partial charge on any atom is -0.481 e. The van der Waals surface area contributed by atoms with E-state index in [1.54, 1.807) is 0 Å². The van der Waals surface area contributed by atoms with Crippen LogP contribution in [0.15, 0.2) is 11.0 Å². The first kappa shape index (κ1) is 21.2. The van der Waals surface area contributed by atoms with Crippen molar-refractivity contribution < 1.29 is 18.3 Å². The predicted molar refractivity (Wildman–Crippen MR) is 91.6 cm³/mol. The lowest BCUT2D eigenvalue weighted by molar-refractivity contribution is -0.137. The average Bonchev–Trinajstić information content (AvgIpc) is 2.42. The van der Waals surface area contributed by atoms with E-state index in [2.05, 4.69) is 6.92 Å². The first-order valence-electron chi connectivity index (χ1n) is 8.48. The van der Waals surface area contributed by atoms with Crippen molar-refractivity contribution in [2.75, 3.05) is 6.26 Å². The second-order valence-electron chi connectivity index (χ2n) is 5.95. The van der Waals surface area contributed by atoms with Gasteiger partial charge < -0.3 is 5.11 Å². The Balaban J connectivity index is 3.96. The van der Waals surface area contributed by atoms with Crippen LogP contribution in [0.4, 0.5) is 0 Å². The maximum absolute atomic E-state index is 11.8. The molecule has 130 valence electrons. The number of aliphatic carboxylic acids is 1. The predicted octanol–water partition coefficient (Wildman–Crippen LogP) is 4.70. The first-order chi connectivity index (χ1) is 10.4. The van der Waals surface area contributed by atoms with Crippen LogP contribution in [0.3, 0.4) is 0 Å². The Morgan fingerprint density at radius 1 is 0.909 bits per heavy atom. The summed E-state index contributed by atoms with van der Waals surface area (Å²) in [7, 11) is -3.08. The second-order valence-corrected chi connectivity index (χ2v) is 8.02. The first-order valence-corrected chi connectivity index (χ1v) is 10.4. The molecule has 0 bridgehead atoms. The Morgan fingerprint density at radius 2 is 1.45 bits per heavy atom. The van der Waals surface area contributed by atoms with Gasteiger partial charge in [-0.05, 0) is 32.1 Å². The van der Waals surface area contributed by atoms with Gasteiger partial charge >= 0.3 is 5.97 Å². The van der Waals surface area contributed by atoms with Gasteiger partial charge in [-0.25, -0.2) is 8.42 Å². The number of hydrogen-bond acceptors (Lipinski definition) is 3. The van der Waals surface area contributed by atoms with E-state index in [-0.39, 0.29) is 6.42 Å². The third-order valence-corrected chi connectivity index (χ3v) is 5.04. The Kier molecular flexibility index (Phi) is 12.2. The normalized spacial score (nSPS) is 12.5. The van der Waals surface area contributed by atoms with Crippen molar-refractivity contribution >= 4 is 15.8 Å². The summed E-state index contributed by atoms with van der Waals surface area (Å²) in [4.78, 5) is 11.0. The fourth-order valence-corrected chi connectivity index (χ4v) is 3.31. The molecule has 0 aromatic rings. The molecule has 0 atom stereocenters. The quantitative estimate of drug-likeness (QED) is 0.468. The number of rotatable bonds is 14. The third-order valence-electron chi connectivity index (χ3n) is 3.72. The molecule has 0 amide bonds. The molecule has 0 aliphatic carbocycles. The number of hydrogen-bond donors (Lipinski definition) is 1. The summed E-state index contributed by atoms with van der Waals surface area (Å²) in [5.41, 5.74) is 0. The second kappa shape index (κ2) is 12.7. The summed E-state index contributed by atoms with van der Waals surface area (Å²) in [6.45, 7) is 2.16. The zero-order valence-corrected chi connectivity index (χ0v) is 15.0. The van der Waals surface area contributed by atoms with Crippen LogP contribution < -0.4 is 0 Å². The molecule has 5 heteroatoms. The highest BCUT2D eigenvalue weighted by molar-refractivity contribution is 7.94. The summed E-state index contributed by atoms with van der Waals surface area (Å²) < 4.78 is 23.5. The lowest BCUT2D eigenvalue weighted by atomic mass is 10.1. The van der Waals surface area contributed by atoms with E-state index < -0.39 is 15.8 Å². The summed E-state index contributed by atoms with van der Waals surface area (Å²) in [6.07, 6.45) is 13.9. The Labute approximate surface area is 135 Å². The van der Waals surface area contributed by atoms with E-state index in [1.807, 2.05) is 6.08 Å². The molecule has 0 unspecified atom stereocenters. The van der Waals surface area contributed by atoms with Crippen molar-refractivity contribution in [3.63, 3.8) is 0 Å². The van der Waals surface area contributed by atoms with Crippen LogP contribution in [-0.2, 0) is 14.6 Å². The lowest BCUT2D eigenvalue weighted by Crippen LogP contribution is -2.01.